The van der Waals surface area contributed by atoms with Gasteiger partial charge in [-0.05, 0) is 74.4 Å². The van der Waals surface area contributed by atoms with Crippen LogP contribution in [-0.4, -0.2) is 68.6 Å². The Hall–Kier alpha value is -3.14. The van der Waals surface area contributed by atoms with Gasteiger partial charge in [-0.25, -0.2) is 0 Å². The zero-order valence-corrected chi connectivity index (χ0v) is 22.2. The lowest BCUT2D eigenvalue weighted by atomic mass is 10.1. The highest BCUT2D eigenvalue weighted by atomic mass is 32.1. The molecule has 36 heavy (non-hydrogen) atoms. The van der Waals surface area contributed by atoms with Gasteiger partial charge in [0.05, 0.1) is 33.0 Å². The second-order valence-electron chi connectivity index (χ2n) is 8.69. The summed E-state index contributed by atoms with van der Waals surface area (Å²) in [5.41, 5.74) is 3.82. The number of pyridine rings is 1. The Bertz CT molecular complexity index is 1210. The minimum absolute atomic E-state index is 0.620. The first-order valence-corrected chi connectivity index (χ1v) is 12.5. The van der Waals surface area contributed by atoms with Crippen LogP contribution in [0, 0.1) is 13.8 Å². The van der Waals surface area contributed by atoms with E-state index in [1.807, 2.05) is 37.3 Å². The number of ether oxygens (including phenoxy) is 4. The molecule has 0 bridgehead atoms. The number of nitrogens with zero attached hydrogens (tertiary/aromatic N) is 2. The van der Waals surface area contributed by atoms with Crippen molar-refractivity contribution in [3.63, 3.8) is 0 Å². The molecule has 0 saturated carbocycles. The maximum Gasteiger partial charge on any atom is 0.170 e. The van der Waals surface area contributed by atoms with Gasteiger partial charge in [0, 0.05) is 43.0 Å². The molecule has 8 nitrogen and oxygen atoms in total. The fourth-order valence-electron chi connectivity index (χ4n) is 4.19. The average molecular weight is 511 g/mol. The third-order valence-electron chi connectivity index (χ3n) is 6.45. The van der Waals surface area contributed by atoms with Crippen molar-refractivity contribution in [3.05, 3.63) is 47.7 Å². The predicted octanol–water partition coefficient (Wildman–Crippen LogP) is 4.67. The lowest BCUT2D eigenvalue weighted by Gasteiger charge is -2.26. The monoisotopic (exact) mass is 510 g/mol. The first-order chi connectivity index (χ1) is 17.5. The maximum absolute atomic E-state index is 6.35. The molecule has 2 heterocycles. The number of thiocarbonyl (C=S) groups is 1. The molecule has 0 atom stereocenters. The molecule has 1 saturated heterocycles. The van der Waals surface area contributed by atoms with E-state index in [0.29, 0.717) is 22.4 Å². The number of benzene rings is 2. The molecule has 0 spiro atoms. The summed E-state index contributed by atoms with van der Waals surface area (Å²) >= 11 is 5.53. The fourth-order valence-corrected chi connectivity index (χ4v) is 4.40. The number of hydrogen-bond donors (Lipinski definition) is 2. The van der Waals surface area contributed by atoms with Gasteiger partial charge in [0.15, 0.2) is 16.6 Å². The summed E-state index contributed by atoms with van der Waals surface area (Å²) in [4.78, 5) is 6.88. The van der Waals surface area contributed by atoms with Crippen molar-refractivity contribution in [2.45, 2.75) is 20.3 Å². The molecular formula is C27H34N4O4S. The summed E-state index contributed by atoms with van der Waals surface area (Å²) in [7, 11) is 3.22. The number of rotatable bonds is 9. The first-order valence-electron chi connectivity index (χ1n) is 12.1. The van der Waals surface area contributed by atoms with Crippen LogP contribution in [0.1, 0.15) is 17.5 Å². The number of fused-ring (bicyclic) bond motifs is 1. The van der Waals surface area contributed by atoms with Crippen LogP contribution in [0.4, 0.5) is 5.69 Å². The Morgan fingerprint density at radius 2 is 1.75 bits per heavy atom. The maximum atomic E-state index is 6.35. The number of morpholine rings is 1. The Labute approximate surface area is 217 Å². The van der Waals surface area contributed by atoms with E-state index in [1.54, 1.807) is 20.4 Å². The first kappa shape index (κ1) is 25.9. The van der Waals surface area contributed by atoms with Crippen LogP contribution in [0.2, 0.25) is 0 Å². The fraction of sp³-hybridized carbons (Fsp3) is 0.407. The van der Waals surface area contributed by atoms with Crippen LogP contribution in [0.15, 0.2) is 36.5 Å². The van der Waals surface area contributed by atoms with Crippen molar-refractivity contribution in [2.24, 2.45) is 0 Å². The normalized spacial score (nSPS) is 13.9. The van der Waals surface area contributed by atoms with Gasteiger partial charge in [0.1, 0.15) is 11.5 Å². The molecular weight excluding hydrogens is 476 g/mol. The summed E-state index contributed by atoms with van der Waals surface area (Å²) in [6, 6.07) is 9.54. The largest absolute Gasteiger partial charge is 0.493 e. The summed E-state index contributed by atoms with van der Waals surface area (Å²) in [6.45, 7) is 9.64. The molecule has 1 fully saturated rings. The van der Waals surface area contributed by atoms with E-state index < -0.39 is 0 Å². The second kappa shape index (κ2) is 12.2. The predicted molar refractivity (Wildman–Crippen MR) is 147 cm³/mol. The summed E-state index contributed by atoms with van der Waals surface area (Å²) < 4.78 is 22.6. The van der Waals surface area contributed by atoms with Crippen LogP contribution >= 0.6 is 12.2 Å². The molecule has 3 aromatic rings. The van der Waals surface area contributed by atoms with Crippen molar-refractivity contribution in [1.82, 2.24) is 15.2 Å². The number of nitrogens with one attached hydrogen (secondary N) is 2. The Kier molecular flexibility index (Phi) is 8.79. The topological polar surface area (TPSA) is 77.1 Å². The van der Waals surface area contributed by atoms with Crippen molar-refractivity contribution in [1.29, 1.82) is 0 Å². The van der Waals surface area contributed by atoms with Crippen molar-refractivity contribution in [2.75, 3.05) is 58.9 Å². The summed E-state index contributed by atoms with van der Waals surface area (Å²) in [5, 5.41) is 8.11. The zero-order chi connectivity index (χ0) is 25.5. The van der Waals surface area contributed by atoms with Crippen LogP contribution in [0.5, 0.6) is 23.0 Å². The van der Waals surface area contributed by atoms with E-state index >= 15 is 0 Å². The molecule has 0 unspecified atom stereocenters. The minimum Gasteiger partial charge on any atom is -0.493 e. The lowest BCUT2D eigenvalue weighted by Crippen LogP contribution is -2.38. The number of methoxy groups -OCH3 is 2. The lowest BCUT2D eigenvalue weighted by molar-refractivity contribution is 0.0376. The smallest absolute Gasteiger partial charge is 0.170 e. The van der Waals surface area contributed by atoms with Crippen LogP contribution in [0.25, 0.3) is 10.9 Å². The summed E-state index contributed by atoms with van der Waals surface area (Å²) in [6.07, 6.45) is 2.76. The van der Waals surface area contributed by atoms with Gasteiger partial charge in [-0.1, -0.05) is 0 Å². The molecule has 0 aliphatic carbocycles. The average Bonchev–Trinajstić information content (AvgIpc) is 2.90. The minimum atomic E-state index is 0.620. The molecule has 2 N–H and O–H groups in total. The SMILES string of the molecule is COc1cc2nccc(Oc3ccc(NC(=S)NCCCN4CCOCC4)c(C)c3C)c2cc1OC. The zero-order valence-electron chi connectivity index (χ0n) is 21.3. The number of anilines is 1. The van der Waals surface area contributed by atoms with E-state index in [2.05, 4.69) is 27.4 Å². The van der Waals surface area contributed by atoms with Gasteiger partial charge in [-0.15, -0.1) is 0 Å². The third kappa shape index (κ3) is 6.16. The molecule has 1 aliphatic heterocycles. The number of hydrogen-bond acceptors (Lipinski definition) is 7. The van der Waals surface area contributed by atoms with Gasteiger partial charge in [-0.3, -0.25) is 9.88 Å². The number of aromatic nitrogens is 1. The quantitative estimate of drug-likeness (QED) is 0.315. The highest BCUT2D eigenvalue weighted by Gasteiger charge is 2.14. The standard InChI is InChI=1S/C27H34N4O4S/c1-18-19(2)23(35-24-8-10-28-22-17-26(33-4)25(32-3)16-20(22)24)7-6-21(18)30-27(36)29-9-5-11-31-12-14-34-15-13-31/h6-8,10,16-17H,5,9,11-15H2,1-4H3,(H2,29,30,36). The van der Waals surface area contributed by atoms with E-state index in [0.717, 1.165) is 79.3 Å². The Morgan fingerprint density at radius 1 is 1.00 bits per heavy atom. The van der Waals surface area contributed by atoms with Crippen molar-refractivity contribution >= 4 is 33.9 Å². The van der Waals surface area contributed by atoms with Crippen LogP contribution < -0.4 is 24.8 Å². The van der Waals surface area contributed by atoms with E-state index in [-0.39, 0.29) is 0 Å². The molecule has 4 rings (SSSR count). The summed E-state index contributed by atoms with van der Waals surface area (Å²) in [5.74, 6) is 2.72. The molecule has 0 amide bonds. The Morgan fingerprint density at radius 3 is 2.50 bits per heavy atom. The van der Waals surface area contributed by atoms with E-state index in [1.165, 1.54) is 0 Å². The van der Waals surface area contributed by atoms with Crippen molar-refractivity contribution < 1.29 is 18.9 Å². The van der Waals surface area contributed by atoms with Crippen LogP contribution in [-0.2, 0) is 4.74 Å². The second-order valence-corrected chi connectivity index (χ2v) is 9.09. The van der Waals surface area contributed by atoms with Gasteiger partial charge in [-0.2, -0.15) is 0 Å². The molecule has 192 valence electrons. The molecule has 1 aromatic heterocycles. The van der Waals surface area contributed by atoms with Crippen molar-refractivity contribution in [3.8, 4) is 23.0 Å². The van der Waals surface area contributed by atoms with E-state index in [9.17, 15) is 0 Å². The Balaban J connectivity index is 1.40. The van der Waals surface area contributed by atoms with Gasteiger partial charge >= 0.3 is 0 Å². The molecule has 0 radical (unpaired) electrons. The molecule has 2 aromatic carbocycles. The highest BCUT2D eigenvalue weighted by molar-refractivity contribution is 7.80. The molecule has 1 aliphatic rings. The van der Waals surface area contributed by atoms with Crippen LogP contribution in [0.3, 0.4) is 0 Å². The van der Waals surface area contributed by atoms with Gasteiger partial charge < -0.3 is 29.6 Å². The van der Waals surface area contributed by atoms with E-state index in [4.69, 9.17) is 31.2 Å². The molecule has 9 heteroatoms. The highest BCUT2D eigenvalue weighted by Crippen LogP contribution is 2.38. The van der Waals surface area contributed by atoms with Gasteiger partial charge in [0.2, 0.25) is 0 Å². The third-order valence-corrected chi connectivity index (χ3v) is 6.70. The van der Waals surface area contributed by atoms with Gasteiger partial charge in [0.25, 0.3) is 0 Å².